The molecule has 5 heteroatoms. The van der Waals surface area contributed by atoms with E-state index < -0.39 is 11.2 Å². The van der Waals surface area contributed by atoms with Crippen LogP contribution in [0.15, 0.2) is 62.5 Å². The van der Waals surface area contributed by atoms with E-state index in [2.05, 4.69) is 0 Å². The molecule has 2 aromatic carbocycles. The lowest BCUT2D eigenvalue weighted by molar-refractivity contribution is 0.468. The number of aromatic hydroxyl groups is 1. The molecule has 3 aromatic heterocycles. The van der Waals surface area contributed by atoms with Gasteiger partial charge in [-0.2, -0.15) is 0 Å². The quantitative estimate of drug-likeness (QED) is 0.446. The second kappa shape index (κ2) is 3.89. The topological polar surface area (TPSA) is 71.9 Å². The van der Waals surface area contributed by atoms with E-state index in [1.807, 2.05) is 36.4 Å². The number of fused-ring (bicyclic) bond motifs is 5. The Morgan fingerprint density at radius 3 is 2.52 bits per heavy atom. The molecule has 110 valence electrons. The molecule has 23 heavy (non-hydrogen) atoms. The monoisotopic (exact) mass is 303 g/mol. The fraction of sp³-hybridized carbons (Fsp3) is 0. The van der Waals surface area contributed by atoms with Gasteiger partial charge in [0.25, 0.3) is 5.56 Å². The highest BCUT2D eigenvalue weighted by Crippen LogP contribution is 2.34. The zero-order chi connectivity index (χ0) is 15.7. The highest BCUT2D eigenvalue weighted by Gasteiger charge is 2.20. The Kier molecular flexibility index (Phi) is 2.07. The summed E-state index contributed by atoms with van der Waals surface area (Å²) in [4.78, 5) is 24.6. The molecule has 0 aliphatic rings. The van der Waals surface area contributed by atoms with Crippen LogP contribution in [-0.2, 0) is 0 Å². The molecule has 5 rings (SSSR count). The van der Waals surface area contributed by atoms with Gasteiger partial charge in [0.1, 0.15) is 11.1 Å². The number of para-hydroxylation sites is 2. The lowest BCUT2D eigenvalue weighted by Crippen LogP contribution is -2.14. The number of hydrogen-bond acceptors (Lipinski definition) is 4. The van der Waals surface area contributed by atoms with Gasteiger partial charge < -0.3 is 9.52 Å². The maximum absolute atomic E-state index is 12.9. The third kappa shape index (κ3) is 1.36. The number of aromatic nitrogens is 1. The summed E-state index contributed by atoms with van der Waals surface area (Å²) in [5, 5.41) is 12.6. The molecule has 0 fully saturated rings. The fourth-order valence-electron chi connectivity index (χ4n) is 3.40. The van der Waals surface area contributed by atoms with Gasteiger partial charge >= 0.3 is 5.63 Å². The lowest BCUT2D eigenvalue weighted by Gasteiger charge is -2.05. The van der Waals surface area contributed by atoms with Crippen molar-refractivity contribution in [2.24, 2.45) is 0 Å². The number of benzene rings is 2. The number of rotatable bonds is 0. The van der Waals surface area contributed by atoms with Crippen LogP contribution < -0.4 is 11.2 Å². The van der Waals surface area contributed by atoms with E-state index in [4.69, 9.17) is 4.42 Å². The largest absolute Gasteiger partial charge is 0.507 e. The molecule has 0 amide bonds. The highest BCUT2D eigenvalue weighted by molar-refractivity contribution is 6.19. The van der Waals surface area contributed by atoms with E-state index in [9.17, 15) is 14.7 Å². The first-order valence-electron chi connectivity index (χ1n) is 7.11. The van der Waals surface area contributed by atoms with Crippen molar-refractivity contribution in [1.82, 2.24) is 4.40 Å². The Balaban J connectivity index is 2.32. The second-order valence-corrected chi connectivity index (χ2v) is 5.51. The molecular weight excluding hydrogens is 294 g/mol. The predicted molar refractivity (Wildman–Crippen MR) is 87.6 cm³/mol. The standard InChI is InChI=1S/C18H9NO4/c20-13-8-14(21)23-17-11-6-3-5-10-9-4-1-2-7-12(9)19(16(10)11)18(22)15(13)17/h1-8,20H. The molecule has 0 bridgehead atoms. The van der Waals surface area contributed by atoms with Crippen molar-refractivity contribution in [3.63, 3.8) is 0 Å². The average molecular weight is 303 g/mol. The molecule has 0 saturated heterocycles. The van der Waals surface area contributed by atoms with Crippen LogP contribution in [0.3, 0.4) is 0 Å². The number of hydrogen-bond donors (Lipinski definition) is 1. The van der Waals surface area contributed by atoms with E-state index in [1.165, 1.54) is 0 Å². The summed E-state index contributed by atoms with van der Waals surface area (Å²) in [7, 11) is 0. The summed E-state index contributed by atoms with van der Waals surface area (Å²) >= 11 is 0. The van der Waals surface area contributed by atoms with Crippen LogP contribution >= 0.6 is 0 Å². The Bertz CT molecular complexity index is 1360. The number of nitrogens with zero attached hydrogens (tertiary/aromatic N) is 1. The average Bonchev–Trinajstić information content (AvgIpc) is 2.88. The minimum atomic E-state index is -0.685. The lowest BCUT2D eigenvalue weighted by atomic mass is 10.1. The van der Waals surface area contributed by atoms with Crippen LogP contribution in [0.25, 0.3) is 38.2 Å². The van der Waals surface area contributed by atoms with Crippen molar-refractivity contribution in [3.05, 3.63) is 69.3 Å². The molecule has 0 atom stereocenters. The molecule has 1 N–H and O–H groups in total. The van der Waals surface area contributed by atoms with Crippen LogP contribution in [0, 0.1) is 0 Å². The van der Waals surface area contributed by atoms with E-state index in [1.54, 1.807) is 10.5 Å². The van der Waals surface area contributed by atoms with Gasteiger partial charge in [0.15, 0.2) is 5.58 Å². The van der Waals surface area contributed by atoms with Crippen LogP contribution in [0.5, 0.6) is 5.75 Å². The molecule has 0 unspecified atom stereocenters. The van der Waals surface area contributed by atoms with E-state index in [-0.39, 0.29) is 16.7 Å². The zero-order valence-electron chi connectivity index (χ0n) is 11.7. The van der Waals surface area contributed by atoms with Gasteiger partial charge in [-0.15, -0.1) is 0 Å². The third-order valence-electron chi connectivity index (χ3n) is 4.30. The van der Waals surface area contributed by atoms with Crippen molar-refractivity contribution in [2.75, 3.05) is 0 Å². The van der Waals surface area contributed by atoms with Gasteiger partial charge in [-0.25, -0.2) is 4.79 Å². The Morgan fingerprint density at radius 1 is 0.913 bits per heavy atom. The van der Waals surface area contributed by atoms with Crippen LogP contribution in [0.1, 0.15) is 0 Å². The SMILES string of the molecule is O=c1cc(O)c2c(=O)n3c4ccccc4c4cccc(c2o1)c43. The van der Waals surface area contributed by atoms with Crippen LogP contribution in [0.4, 0.5) is 0 Å². The first-order valence-corrected chi connectivity index (χ1v) is 7.11. The third-order valence-corrected chi connectivity index (χ3v) is 4.30. The molecule has 0 saturated carbocycles. The highest BCUT2D eigenvalue weighted by atomic mass is 16.4. The Labute approximate surface area is 128 Å². The summed E-state index contributed by atoms with van der Waals surface area (Å²) in [5.74, 6) is -0.360. The molecule has 5 nitrogen and oxygen atoms in total. The van der Waals surface area contributed by atoms with Crippen LogP contribution in [-0.4, -0.2) is 9.51 Å². The molecule has 3 heterocycles. The fourth-order valence-corrected chi connectivity index (χ4v) is 3.40. The second-order valence-electron chi connectivity index (χ2n) is 5.51. The maximum Gasteiger partial charge on any atom is 0.339 e. The molecular formula is C18H9NO4. The van der Waals surface area contributed by atoms with Crippen molar-refractivity contribution in [2.45, 2.75) is 0 Å². The molecule has 0 spiro atoms. The first kappa shape index (κ1) is 12.2. The molecule has 0 radical (unpaired) electrons. The van der Waals surface area contributed by atoms with E-state index in [0.29, 0.717) is 10.9 Å². The minimum Gasteiger partial charge on any atom is -0.507 e. The summed E-state index contributed by atoms with van der Waals surface area (Å²) in [6.45, 7) is 0. The smallest absolute Gasteiger partial charge is 0.339 e. The number of pyridine rings is 1. The maximum atomic E-state index is 12.9. The predicted octanol–water partition coefficient (Wildman–Crippen LogP) is 2.86. The van der Waals surface area contributed by atoms with Gasteiger partial charge in [0.05, 0.1) is 17.1 Å². The minimum absolute atomic E-state index is 0.0194. The molecule has 5 aromatic rings. The van der Waals surface area contributed by atoms with E-state index in [0.717, 1.165) is 22.4 Å². The van der Waals surface area contributed by atoms with Gasteiger partial charge in [0, 0.05) is 16.2 Å². The van der Waals surface area contributed by atoms with Gasteiger partial charge in [-0.1, -0.05) is 30.3 Å². The molecule has 0 aliphatic carbocycles. The van der Waals surface area contributed by atoms with Crippen molar-refractivity contribution in [1.29, 1.82) is 0 Å². The molecule has 0 aliphatic heterocycles. The van der Waals surface area contributed by atoms with Gasteiger partial charge in [-0.05, 0) is 12.1 Å². The van der Waals surface area contributed by atoms with Crippen molar-refractivity contribution < 1.29 is 9.52 Å². The van der Waals surface area contributed by atoms with Crippen molar-refractivity contribution in [3.8, 4) is 5.75 Å². The van der Waals surface area contributed by atoms with Crippen LogP contribution in [0.2, 0.25) is 0 Å². The van der Waals surface area contributed by atoms with E-state index >= 15 is 0 Å². The Hall–Kier alpha value is -3.34. The summed E-state index contributed by atoms with van der Waals surface area (Å²) < 4.78 is 6.82. The normalized spacial score (nSPS) is 12.0. The Morgan fingerprint density at radius 2 is 1.65 bits per heavy atom. The van der Waals surface area contributed by atoms with Gasteiger partial charge in [0.2, 0.25) is 0 Å². The van der Waals surface area contributed by atoms with Crippen molar-refractivity contribution >= 4 is 38.2 Å². The summed E-state index contributed by atoms with van der Waals surface area (Å²) in [6, 6.07) is 14.0. The first-order chi connectivity index (χ1) is 11.2. The zero-order valence-corrected chi connectivity index (χ0v) is 11.7. The summed E-state index contributed by atoms with van der Waals surface area (Å²) in [6.07, 6.45) is 0. The summed E-state index contributed by atoms with van der Waals surface area (Å²) in [5.41, 5.74) is 0.499. The van der Waals surface area contributed by atoms with Gasteiger partial charge in [-0.3, -0.25) is 9.20 Å².